The summed E-state index contributed by atoms with van der Waals surface area (Å²) in [6.07, 6.45) is 3.61. The zero-order chi connectivity index (χ0) is 11.6. The Hall–Kier alpha value is -0.280. The van der Waals surface area contributed by atoms with Gasteiger partial charge in [0.25, 0.3) is 0 Å². The number of alkyl halides is 1. The molecule has 15 heavy (non-hydrogen) atoms. The van der Waals surface area contributed by atoms with Crippen LogP contribution in [-0.2, 0) is 4.79 Å². The molecule has 4 heteroatoms. The van der Waals surface area contributed by atoms with E-state index in [-0.39, 0.29) is 11.4 Å². The second-order valence-corrected chi connectivity index (χ2v) is 5.44. The summed E-state index contributed by atoms with van der Waals surface area (Å²) in [7, 11) is 6.01. The lowest BCUT2D eigenvalue weighted by molar-refractivity contribution is -0.132. The molecule has 0 saturated heterocycles. The number of amides is 1. The van der Waals surface area contributed by atoms with E-state index in [2.05, 4.69) is 19.0 Å². The molecule has 1 rings (SSSR count). The quantitative estimate of drug-likeness (QED) is 0.687. The average Bonchev–Trinajstić information content (AvgIpc) is 2.08. The Labute approximate surface area is 97.4 Å². The Morgan fingerprint density at radius 1 is 1.40 bits per heavy atom. The molecule has 0 spiro atoms. The van der Waals surface area contributed by atoms with Crippen molar-refractivity contribution in [2.24, 2.45) is 0 Å². The first-order valence-corrected chi connectivity index (χ1v) is 5.89. The molecule has 1 amide bonds. The summed E-state index contributed by atoms with van der Waals surface area (Å²) in [4.78, 5) is 15.7. The summed E-state index contributed by atoms with van der Waals surface area (Å²) in [5.74, 6) is 0.0183. The van der Waals surface area contributed by atoms with Crippen LogP contribution in [0.5, 0.6) is 0 Å². The van der Waals surface area contributed by atoms with Crippen molar-refractivity contribution >= 4 is 17.5 Å². The summed E-state index contributed by atoms with van der Waals surface area (Å²) in [5, 5.41) is -0.422. The van der Waals surface area contributed by atoms with Crippen molar-refractivity contribution in [1.29, 1.82) is 0 Å². The predicted octanol–water partition coefficient (Wildman–Crippen LogP) is 1.56. The summed E-state index contributed by atoms with van der Waals surface area (Å²) in [6.45, 7) is 2.51. The maximum Gasteiger partial charge on any atom is 0.240 e. The average molecular weight is 233 g/mol. The van der Waals surface area contributed by atoms with Gasteiger partial charge in [0.05, 0.1) is 0 Å². The lowest BCUT2D eigenvalue weighted by Gasteiger charge is -2.49. The third-order valence-corrected chi connectivity index (χ3v) is 3.67. The van der Waals surface area contributed by atoms with Gasteiger partial charge in [0.2, 0.25) is 5.91 Å². The molecule has 88 valence electrons. The van der Waals surface area contributed by atoms with Gasteiger partial charge < -0.3 is 9.80 Å². The van der Waals surface area contributed by atoms with Crippen LogP contribution in [0, 0.1) is 0 Å². The number of carbonyl (C=O) groups is 1. The molecular formula is C11H21ClN2O. The third-order valence-electron chi connectivity index (χ3n) is 3.48. The Bertz CT molecular complexity index is 237. The first-order valence-electron chi connectivity index (χ1n) is 5.45. The van der Waals surface area contributed by atoms with Crippen molar-refractivity contribution in [3.63, 3.8) is 0 Å². The van der Waals surface area contributed by atoms with Crippen LogP contribution in [0.4, 0.5) is 0 Å². The highest BCUT2D eigenvalue weighted by atomic mass is 35.5. The first-order chi connectivity index (χ1) is 6.89. The van der Waals surface area contributed by atoms with Crippen LogP contribution in [0.1, 0.15) is 26.2 Å². The van der Waals surface area contributed by atoms with Crippen molar-refractivity contribution in [2.45, 2.75) is 37.1 Å². The van der Waals surface area contributed by atoms with E-state index in [0.717, 1.165) is 6.54 Å². The van der Waals surface area contributed by atoms with E-state index >= 15 is 0 Å². The smallest absolute Gasteiger partial charge is 0.240 e. The van der Waals surface area contributed by atoms with Gasteiger partial charge >= 0.3 is 0 Å². The van der Waals surface area contributed by atoms with Crippen LogP contribution in [0.3, 0.4) is 0 Å². The van der Waals surface area contributed by atoms with Crippen LogP contribution in [0.15, 0.2) is 0 Å². The largest absolute Gasteiger partial charge is 0.343 e. The third kappa shape index (κ3) is 2.64. The number of hydrogen-bond donors (Lipinski definition) is 0. The molecule has 1 unspecified atom stereocenters. The highest BCUT2D eigenvalue weighted by Gasteiger charge is 2.40. The summed E-state index contributed by atoms with van der Waals surface area (Å²) < 4.78 is 0. The molecule has 1 aliphatic rings. The molecule has 0 aromatic heterocycles. The second-order valence-electron chi connectivity index (χ2n) is 4.78. The minimum atomic E-state index is -0.422. The Balaban J connectivity index is 2.56. The van der Waals surface area contributed by atoms with Crippen LogP contribution in [0.2, 0.25) is 0 Å². The summed E-state index contributed by atoms with van der Waals surface area (Å²) >= 11 is 5.79. The Morgan fingerprint density at radius 3 is 2.20 bits per heavy atom. The fraction of sp³-hybridized carbons (Fsp3) is 0.909. The predicted molar refractivity (Wildman–Crippen MR) is 63.2 cm³/mol. The van der Waals surface area contributed by atoms with Gasteiger partial charge in [-0.1, -0.05) is 0 Å². The Morgan fingerprint density at radius 2 is 1.93 bits per heavy atom. The van der Waals surface area contributed by atoms with Crippen molar-refractivity contribution in [3.8, 4) is 0 Å². The topological polar surface area (TPSA) is 23.6 Å². The molecule has 0 radical (unpaired) electrons. The second kappa shape index (κ2) is 4.71. The van der Waals surface area contributed by atoms with Gasteiger partial charge in [-0.15, -0.1) is 11.6 Å². The maximum absolute atomic E-state index is 11.7. The summed E-state index contributed by atoms with van der Waals surface area (Å²) in [5.41, 5.74) is 0.191. The van der Waals surface area contributed by atoms with Crippen molar-refractivity contribution in [1.82, 2.24) is 9.80 Å². The zero-order valence-electron chi connectivity index (χ0n) is 10.1. The molecule has 1 atom stereocenters. The van der Waals surface area contributed by atoms with Crippen molar-refractivity contribution in [3.05, 3.63) is 0 Å². The minimum Gasteiger partial charge on any atom is -0.343 e. The van der Waals surface area contributed by atoms with Crippen molar-refractivity contribution in [2.75, 3.05) is 27.7 Å². The number of rotatable bonds is 4. The van der Waals surface area contributed by atoms with Crippen LogP contribution < -0.4 is 0 Å². The number of halogens is 1. The molecule has 0 bridgehead atoms. The van der Waals surface area contributed by atoms with E-state index in [1.807, 2.05) is 7.05 Å². The fourth-order valence-corrected chi connectivity index (χ4v) is 2.32. The van der Waals surface area contributed by atoms with Crippen LogP contribution in [-0.4, -0.2) is 54.3 Å². The Kier molecular flexibility index (Phi) is 4.01. The van der Waals surface area contributed by atoms with Gasteiger partial charge in [-0.2, -0.15) is 0 Å². The van der Waals surface area contributed by atoms with E-state index in [1.54, 1.807) is 11.8 Å². The fourth-order valence-electron chi connectivity index (χ4n) is 2.15. The van der Waals surface area contributed by atoms with Gasteiger partial charge in [0.15, 0.2) is 0 Å². The molecule has 0 aromatic carbocycles. The first kappa shape index (κ1) is 12.8. The molecule has 3 nitrogen and oxygen atoms in total. The highest BCUT2D eigenvalue weighted by molar-refractivity contribution is 6.30. The van der Waals surface area contributed by atoms with Gasteiger partial charge in [-0.25, -0.2) is 0 Å². The van der Waals surface area contributed by atoms with Crippen LogP contribution >= 0.6 is 11.6 Å². The van der Waals surface area contributed by atoms with Gasteiger partial charge in [0, 0.05) is 19.1 Å². The zero-order valence-corrected chi connectivity index (χ0v) is 10.8. The van der Waals surface area contributed by atoms with E-state index in [4.69, 9.17) is 11.6 Å². The van der Waals surface area contributed by atoms with Gasteiger partial charge in [0.1, 0.15) is 5.38 Å². The van der Waals surface area contributed by atoms with Gasteiger partial charge in [-0.3, -0.25) is 4.79 Å². The van der Waals surface area contributed by atoms with Crippen molar-refractivity contribution < 1.29 is 4.79 Å². The minimum absolute atomic E-state index is 0.0183. The molecule has 0 N–H and O–H groups in total. The monoisotopic (exact) mass is 232 g/mol. The summed E-state index contributed by atoms with van der Waals surface area (Å²) in [6, 6.07) is 0. The number of likely N-dealkylation sites (N-methyl/N-ethyl adjacent to an activating group) is 2. The number of nitrogens with zero attached hydrogens (tertiary/aromatic N) is 2. The molecule has 1 saturated carbocycles. The van der Waals surface area contributed by atoms with Crippen LogP contribution in [0.25, 0.3) is 0 Å². The highest BCUT2D eigenvalue weighted by Crippen LogP contribution is 2.36. The number of hydrogen-bond acceptors (Lipinski definition) is 2. The molecular weight excluding hydrogens is 212 g/mol. The number of carbonyl (C=O) groups excluding carboxylic acids is 1. The van der Waals surface area contributed by atoms with E-state index < -0.39 is 5.38 Å². The standard InChI is InChI=1S/C11H21ClN2O/c1-9(12)10(15)14(4)8-11(13(2)3)6-5-7-11/h9H,5-8H2,1-4H3. The molecule has 1 aliphatic carbocycles. The lowest BCUT2D eigenvalue weighted by atomic mass is 9.75. The van der Waals surface area contributed by atoms with Gasteiger partial charge in [-0.05, 0) is 40.3 Å². The lowest BCUT2D eigenvalue weighted by Crippen LogP contribution is -2.58. The van der Waals surface area contributed by atoms with E-state index in [0.29, 0.717) is 0 Å². The molecule has 0 aromatic rings. The maximum atomic E-state index is 11.7. The normalized spacial score (nSPS) is 20.9. The van der Waals surface area contributed by atoms with E-state index in [1.165, 1.54) is 19.3 Å². The molecule has 1 fully saturated rings. The SMILES string of the molecule is CC(Cl)C(=O)N(C)CC1(N(C)C)CCC1. The molecule has 0 aliphatic heterocycles. The van der Waals surface area contributed by atoms with E-state index in [9.17, 15) is 4.79 Å². The molecule has 0 heterocycles.